The van der Waals surface area contributed by atoms with Crippen LogP contribution in [0.3, 0.4) is 0 Å². The molecular formula is C20H23N5O3S. The van der Waals surface area contributed by atoms with E-state index in [1.54, 1.807) is 12.4 Å². The number of hydrazone groups is 1. The molecule has 9 heteroatoms. The van der Waals surface area contributed by atoms with Crippen molar-refractivity contribution in [2.24, 2.45) is 5.10 Å². The molecule has 0 bridgehead atoms. The van der Waals surface area contributed by atoms with Gasteiger partial charge >= 0.3 is 6.09 Å². The van der Waals surface area contributed by atoms with Crippen LogP contribution in [-0.2, 0) is 0 Å². The molecule has 29 heavy (non-hydrogen) atoms. The molecule has 1 aromatic carbocycles. The zero-order valence-electron chi connectivity index (χ0n) is 16.7. The lowest BCUT2D eigenvalue weighted by molar-refractivity contribution is 0.0742. The highest BCUT2D eigenvalue weighted by Crippen LogP contribution is 2.28. The van der Waals surface area contributed by atoms with Crippen LogP contribution < -0.4 is 5.43 Å². The quantitative estimate of drug-likeness (QED) is 0.431. The summed E-state index contributed by atoms with van der Waals surface area (Å²) in [6.07, 6.45) is 3.70. The molecule has 0 saturated heterocycles. The molecule has 0 aliphatic heterocycles. The average molecular weight is 414 g/mol. The molecule has 0 aliphatic rings. The minimum Gasteiger partial charge on any atom is -0.465 e. The number of benzene rings is 1. The number of carbonyl (C=O) groups is 1. The highest BCUT2D eigenvalue weighted by Gasteiger charge is 2.32. The fraction of sp³-hybridized carbons (Fsp3) is 0.300. The molecule has 3 aromatic rings. The van der Waals surface area contributed by atoms with Crippen LogP contribution in [0.25, 0.3) is 11.3 Å². The van der Waals surface area contributed by atoms with Crippen molar-refractivity contribution >= 4 is 29.3 Å². The van der Waals surface area contributed by atoms with Gasteiger partial charge in [0, 0.05) is 16.5 Å². The fourth-order valence-electron chi connectivity index (χ4n) is 2.95. The van der Waals surface area contributed by atoms with Crippen LogP contribution in [0.15, 0.2) is 51.8 Å². The van der Waals surface area contributed by atoms with E-state index in [0.717, 1.165) is 11.3 Å². The van der Waals surface area contributed by atoms with Crippen molar-refractivity contribution in [3.05, 3.63) is 52.9 Å². The van der Waals surface area contributed by atoms with E-state index >= 15 is 0 Å². The highest BCUT2D eigenvalue weighted by atomic mass is 32.1. The normalized spacial score (nSPS) is 12.8. The number of aromatic nitrogens is 2. The number of thiazole rings is 1. The Labute approximate surface area is 172 Å². The molecular weight excluding hydrogens is 390 g/mol. The Bertz CT molecular complexity index is 974. The Hall–Kier alpha value is -3.20. The Kier molecular flexibility index (Phi) is 5.97. The second kappa shape index (κ2) is 8.44. The Morgan fingerprint density at radius 2 is 2.07 bits per heavy atom. The van der Waals surface area contributed by atoms with Gasteiger partial charge in [-0.05, 0) is 52.0 Å². The van der Waals surface area contributed by atoms with E-state index in [2.05, 4.69) is 20.5 Å². The molecule has 0 radical (unpaired) electrons. The summed E-state index contributed by atoms with van der Waals surface area (Å²) in [7, 11) is 0. The van der Waals surface area contributed by atoms with Crippen LogP contribution in [0.4, 0.5) is 10.5 Å². The fourth-order valence-corrected chi connectivity index (χ4v) is 3.71. The van der Waals surface area contributed by atoms with E-state index in [9.17, 15) is 9.90 Å². The first kappa shape index (κ1) is 20.5. The van der Waals surface area contributed by atoms with Gasteiger partial charge in [-0.15, -0.1) is 11.3 Å². The maximum absolute atomic E-state index is 11.7. The molecule has 0 fully saturated rings. The Morgan fingerprint density at radius 3 is 2.66 bits per heavy atom. The van der Waals surface area contributed by atoms with Crippen LogP contribution in [-0.4, -0.2) is 37.8 Å². The highest BCUT2D eigenvalue weighted by molar-refractivity contribution is 7.11. The molecule has 8 nitrogen and oxygen atoms in total. The number of carboxylic acid groups (broad SMARTS) is 1. The minimum atomic E-state index is -0.969. The zero-order chi connectivity index (χ0) is 21.0. The Morgan fingerprint density at radius 1 is 1.34 bits per heavy atom. The van der Waals surface area contributed by atoms with Crippen LogP contribution in [0.5, 0.6) is 0 Å². The molecule has 1 atom stereocenters. The SMILES string of the molecule is CC(c1csc(C=NNc2ccc(-c3cnco3)cc2)n1)N(C(=O)O)C(C)(C)C. The lowest BCUT2D eigenvalue weighted by Gasteiger charge is -2.37. The van der Waals surface area contributed by atoms with E-state index in [1.165, 1.54) is 22.6 Å². The predicted octanol–water partition coefficient (Wildman–Crippen LogP) is 5.08. The molecule has 3 rings (SSSR count). The van der Waals surface area contributed by atoms with E-state index in [-0.39, 0.29) is 6.04 Å². The summed E-state index contributed by atoms with van der Waals surface area (Å²) < 4.78 is 5.26. The van der Waals surface area contributed by atoms with Crippen LogP contribution in [0.1, 0.15) is 44.4 Å². The van der Waals surface area contributed by atoms with E-state index in [4.69, 9.17) is 4.42 Å². The third-order valence-corrected chi connectivity index (χ3v) is 5.05. The lowest BCUT2D eigenvalue weighted by Crippen LogP contribution is -2.46. The third-order valence-electron chi connectivity index (χ3n) is 4.25. The number of anilines is 1. The second-order valence-corrected chi connectivity index (χ2v) is 8.31. The summed E-state index contributed by atoms with van der Waals surface area (Å²) >= 11 is 1.41. The molecule has 2 heterocycles. The van der Waals surface area contributed by atoms with Crippen molar-refractivity contribution in [3.63, 3.8) is 0 Å². The summed E-state index contributed by atoms with van der Waals surface area (Å²) in [5.41, 5.74) is 4.88. The molecule has 152 valence electrons. The minimum absolute atomic E-state index is 0.359. The second-order valence-electron chi connectivity index (χ2n) is 7.42. The molecule has 2 aromatic heterocycles. The van der Waals surface area contributed by atoms with Gasteiger partial charge in [-0.1, -0.05) is 0 Å². The van der Waals surface area contributed by atoms with E-state index < -0.39 is 11.6 Å². The van der Waals surface area contributed by atoms with Gasteiger partial charge < -0.3 is 9.52 Å². The topological polar surface area (TPSA) is 104 Å². The van der Waals surface area contributed by atoms with Crippen molar-refractivity contribution in [2.75, 3.05) is 5.43 Å². The molecule has 1 unspecified atom stereocenters. The summed E-state index contributed by atoms with van der Waals surface area (Å²) in [6.45, 7) is 7.43. The smallest absolute Gasteiger partial charge is 0.408 e. The van der Waals surface area contributed by atoms with Crippen LogP contribution in [0.2, 0.25) is 0 Å². The monoisotopic (exact) mass is 413 g/mol. The number of rotatable bonds is 6. The van der Waals surface area contributed by atoms with Crippen molar-refractivity contribution in [1.29, 1.82) is 0 Å². The Balaban J connectivity index is 1.64. The van der Waals surface area contributed by atoms with Gasteiger partial charge in [0.05, 0.1) is 29.8 Å². The van der Waals surface area contributed by atoms with Gasteiger partial charge in [-0.3, -0.25) is 10.3 Å². The standard InChI is InChI=1S/C20H23N5O3S/c1-13(25(19(26)27)20(2,3)4)16-11-29-18(23-16)10-22-24-15-7-5-14(6-8-15)17-9-21-12-28-17/h5-13,24H,1-4H3,(H,26,27). The summed E-state index contributed by atoms with van der Waals surface area (Å²) in [6, 6.07) is 7.24. The first-order valence-corrected chi connectivity index (χ1v) is 9.89. The van der Waals surface area contributed by atoms with E-state index in [0.29, 0.717) is 16.5 Å². The summed E-state index contributed by atoms with van der Waals surface area (Å²) in [4.78, 5) is 21.5. The molecule has 0 spiro atoms. The molecule has 2 N–H and O–H groups in total. The van der Waals surface area contributed by atoms with Crippen LogP contribution in [0, 0.1) is 0 Å². The average Bonchev–Trinajstić information content (AvgIpc) is 3.33. The summed E-state index contributed by atoms with van der Waals surface area (Å²) in [5.74, 6) is 0.704. The number of hydrogen-bond donors (Lipinski definition) is 2. The summed E-state index contributed by atoms with van der Waals surface area (Å²) in [5, 5.41) is 16.3. The van der Waals surface area contributed by atoms with Gasteiger partial charge in [-0.25, -0.2) is 14.8 Å². The lowest BCUT2D eigenvalue weighted by atomic mass is 10.0. The number of oxazole rings is 1. The van der Waals surface area contributed by atoms with Gasteiger partial charge in [0.2, 0.25) is 0 Å². The number of nitrogens with one attached hydrogen (secondary N) is 1. The maximum Gasteiger partial charge on any atom is 0.408 e. The zero-order valence-corrected chi connectivity index (χ0v) is 17.5. The first-order chi connectivity index (χ1) is 13.8. The van der Waals surface area contributed by atoms with Crippen molar-refractivity contribution in [3.8, 4) is 11.3 Å². The van der Waals surface area contributed by atoms with Gasteiger partial charge in [0.25, 0.3) is 0 Å². The van der Waals surface area contributed by atoms with Gasteiger partial charge in [-0.2, -0.15) is 5.10 Å². The molecule has 0 saturated carbocycles. The molecule has 1 amide bonds. The van der Waals surface area contributed by atoms with Crippen molar-refractivity contribution in [1.82, 2.24) is 14.9 Å². The number of nitrogens with zero attached hydrogens (tertiary/aromatic N) is 4. The predicted molar refractivity (Wildman–Crippen MR) is 113 cm³/mol. The maximum atomic E-state index is 11.7. The largest absolute Gasteiger partial charge is 0.465 e. The number of amides is 1. The van der Waals surface area contributed by atoms with Crippen molar-refractivity contribution in [2.45, 2.75) is 39.3 Å². The first-order valence-electron chi connectivity index (χ1n) is 9.01. The van der Waals surface area contributed by atoms with Crippen LogP contribution >= 0.6 is 11.3 Å². The third kappa shape index (κ3) is 5.00. The van der Waals surface area contributed by atoms with Gasteiger partial charge in [0.15, 0.2) is 12.2 Å². The van der Waals surface area contributed by atoms with E-state index in [1.807, 2.05) is 57.3 Å². The van der Waals surface area contributed by atoms with Gasteiger partial charge in [0.1, 0.15) is 5.01 Å². The van der Waals surface area contributed by atoms with Crippen molar-refractivity contribution < 1.29 is 14.3 Å². The molecule has 0 aliphatic carbocycles. The number of hydrogen-bond acceptors (Lipinski definition) is 7.